The lowest BCUT2D eigenvalue weighted by molar-refractivity contribution is -0.0163. The predicted molar refractivity (Wildman–Crippen MR) is 69.3 cm³/mol. The summed E-state index contributed by atoms with van der Waals surface area (Å²) in [5, 5.41) is 8.90. The Kier molecular flexibility index (Phi) is 4.73. The number of rotatable bonds is 5. The van der Waals surface area contributed by atoms with Crippen molar-refractivity contribution >= 4 is 5.97 Å². The molecule has 0 aliphatic heterocycles. The number of ether oxygens (including phenoxy) is 2. The van der Waals surface area contributed by atoms with Crippen molar-refractivity contribution in [1.29, 1.82) is 0 Å². The van der Waals surface area contributed by atoms with Crippen LogP contribution in [0.15, 0.2) is 18.2 Å². The monoisotopic (exact) mass is 252 g/mol. The third-order valence-electron chi connectivity index (χ3n) is 2.32. The zero-order valence-corrected chi connectivity index (χ0v) is 11.3. The molecular formula is C14H20O4. The van der Waals surface area contributed by atoms with Gasteiger partial charge in [-0.05, 0) is 51.5 Å². The van der Waals surface area contributed by atoms with Gasteiger partial charge in [-0.3, -0.25) is 0 Å². The molecule has 18 heavy (non-hydrogen) atoms. The fraction of sp³-hybridized carbons (Fsp3) is 0.500. The Labute approximate surface area is 108 Å². The molecule has 1 aromatic carbocycles. The van der Waals surface area contributed by atoms with Crippen LogP contribution in [-0.2, 0) is 4.74 Å². The SMILES string of the molecule is Cc1cc(OCCOC(C)(C)C)ccc1C(=O)O. The van der Waals surface area contributed by atoms with E-state index < -0.39 is 5.97 Å². The van der Waals surface area contributed by atoms with E-state index in [1.54, 1.807) is 25.1 Å². The normalized spacial score (nSPS) is 11.3. The minimum Gasteiger partial charge on any atom is -0.491 e. The molecule has 0 aliphatic rings. The Morgan fingerprint density at radius 1 is 1.28 bits per heavy atom. The predicted octanol–water partition coefficient (Wildman–Crippen LogP) is 2.89. The van der Waals surface area contributed by atoms with Crippen molar-refractivity contribution in [3.05, 3.63) is 29.3 Å². The lowest BCUT2D eigenvalue weighted by Gasteiger charge is -2.19. The topological polar surface area (TPSA) is 55.8 Å². The Morgan fingerprint density at radius 2 is 1.94 bits per heavy atom. The average molecular weight is 252 g/mol. The van der Waals surface area contributed by atoms with Gasteiger partial charge in [-0.25, -0.2) is 4.79 Å². The standard InChI is InChI=1S/C14H20O4/c1-10-9-11(5-6-12(10)13(15)16)17-7-8-18-14(2,3)4/h5-6,9H,7-8H2,1-4H3,(H,15,16). The lowest BCUT2D eigenvalue weighted by Crippen LogP contribution is -2.22. The van der Waals surface area contributed by atoms with Gasteiger partial charge in [0.25, 0.3) is 0 Å². The molecule has 0 atom stereocenters. The van der Waals surface area contributed by atoms with Crippen LogP contribution in [0.25, 0.3) is 0 Å². The second-order valence-electron chi connectivity index (χ2n) is 5.09. The van der Waals surface area contributed by atoms with E-state index in [0.29, 0.717) is 30.1 Å². The number of aromatic carboxylic acids is 1. The first-order valence-electron chi connectivity index (χ1n) is 5.90. The summed E-state index contributed by atoms with van der Waals surface area (Å²) in [6.07, 6.45) is 0. The quantitative estimate of drug-likeness (QED) is 0.819. The number of hydrogen-bond donors (Lipinski definition) is 1. The molecule has 0 amide bonds. The van der Waals surface area contributed by atoms with E-state index in [9.17, 15) is 4.79 Å². The summed E-state index contributed by atoms with van der Waals surface area (Å²) in [5.74, 6) is -0.259. The van der Waals surface area contributed by atoms with E-state index in [2.05, 4.69) is 0 Å². The van der Waals surface area contributed by atoms with Gasteiger partial charge < -0.3 is 14.6 Å². The summed E-state index contributed by atoms with van der Waals surface area (Å²) in [5.41, 5.74) is 0.817. The maximum Gasteiger partial charge on any atom is 0.335 e. The highest BCUT2D eigenvalue weighted by atomic mass is 16.5. The van der Waals surface area contributed by atoms with Crippen molar-refractivity contribution in [3.63, 3.8) is 0 Å². The highest BCUT2D eigenvalue weighted by Gasteiger charge is 2.10. The Morgan fingerprint density at radius 3 is 2.44 bits per heavy atom. The van der Waals surface area contributed by atoms with Gasteiger partial charge in [0.05, 0.1) is 17.8 Å². The smallest absolute Gasteiger partial charge is 0.335 e. The molecule has 0 saturated carbocycles. The molecule has 0 heterocycles. The Balaban J connectivity index is 2.49. The van der Waals surface area contributed by atoms with Gasteiger partial charge in [0, 0.05) is 0 Å². The van der Waals surface area contributed by atoms with Crippen LogP contribution in [0, 0.1) is 6.92 Å². The Bertz CT molecular complexity index is 418. The maximum atomic E-state index is 10.8. The first kappa shape index (κ1) is 14.5. The number of carboxylic acids is 1. The molecule has 4 heteroatoms. The molecule has 100 valence electrons. The minimum atomic E-state index is -0.921. The van der Waals surface area contributed by atoms with Gasteiger partial charge in [-0.1, -0.05) is 0 Å². The molecule has 0 radical (unpaired) electrons. The molecule has 0 aliphatic carbocycles. The largest absolute Gasteiger partial charge is 0.491 e. The van der Waals surface area contributed by atoms with Crippen LogP contribution in [0.4, 0.5) is 0 Å². The van der Waals surface area contributed by atoms with Crippen LogP contribution in [0.3, 0.4) is 0 Å². The molecule has 0 aromatic heterocycles. The molecule has 0 fully saturated rings. The van der Waals surface area contributed by atoms with E-state index in [1.807, 2.05) is 20.8 Å². The molecule has 0 unspecified atom stereocenters. The van der Waals surface area contributed by atoms with Crippen LogP contribution in [0.1, 0.15) is 36.7 Å². The zero-order valence-electron chi connectivity index (χ0n) is 11.3. The fourth-order valence-electron chi connectivity index (χ4n) is 1.47. The molecule has 0 saturated heterocycles. The van der Waals surface area contributed by atoms with E-state index in [-0.39, 0.29) is 5.60 Å². The van der Waals surface area contributed by atoms with Crippen molar-refractivity contribution in [1.82, 2.24) is 0 Å². The molecule has 4 nitrogen and oxygen atoms in total. The summed E-state index contributed by atoms with van der Waals surface area (Å²) in [4.78, 5) is 10.8. The van der Waals surface area contributed by atoms with Crippen molar-refractivity contribution in [2.75, 3.05) is 13.2 Å². The highest BCUT2D eigenvalue weighted by Crippen LogP contribution is 2.17. The number of aryl methyl sites for hydroxylation is 1. The summed E-state index contributed by atoms with van der Waals surface area (Å²) in [6.45, 7) is 8.66. The fourth-order valence-corrected chi connectivity index (χ4v) is 1.47. The van der Waals surface area contributed by atoms with Crippen molar-refractivity contribution in [3.8, 4) is 5.75 Å². The van der Waals surface area contributed by atoms with Gasteiger partial charge in [0.1, 0.15) is 12.4 Å². The number of carboxylic acid groups (broad SMARTS) is 1. The van der Waals surface area contributed by atoms with Crippen molar-refractivity contribution in [2.45, 2.75) is 33.3 Å². The number of hydrogen-bond acceptors (Lipinski definition) is 3. The van der Waals surface area contributed by atoms with Crippen molar-refractivity contribution < 1.29 is 19.4 Å². The minimum absolute atomic E-state index is 0.174. The maximum absolute atomic E-state index is 10.8. The average Bonchev–Trinajstić information content (AvgIpc) is 2.22. The lowest BCUT2D eigenvalue weighted by atomic mass is 10.1. The van der Waals surface area contributed by atoms with Gasteiger partial charge in [0.2, 0.25) is 0 Å². The van der Waals surface area contributed by atoms with Gasteiger partial charge in [0.15, 0.2) is 0 Å². The van der Waals surface area contributed by atoms with Gasteiger partial charge >= 0.3 is 5.97 Å². The van der Waals surface area contributed by atoms with Gasteiger partial charge in [-0.15, -0.1) is 0 Å². The summed E-state index contributed by atoms with van der Waals surface area (Å²) in [7, 11) is 0. The summed E-state index contributed by atoms with van der Waals surface area (Å²) < 4.78 is 11.0. The van der Waals surface area contributed by atoms with Crippen molar-refractivity contribution in [2.24, 2.45) is 0 Å². The zero-order chi connectivity index (χ0) is 13.8. The molecule has 1 aromatic rings. The van der Waals surface area contributed by atoms with E-state index in [0.717, 1.165) is 0 Å². The Hall–Kier alpha value is -1.55. The van der Waals surface area contributed by atoms with Gasteiger partial charge in [-0.2, -0.15) is 0 Å². The third kappa shape index (κ3) is 4.75. The third-order valence-corrected chi connectivity index (χ3v) is 2.32. The second kappa shape index (κ2) is 5.87. The van der Waals surface area contributed by atoms with E-state index >= 15 is 0 Å². The van der Waals surface area contributed by atoms with Crippen LogP contribution in [0.2, 0.25) is 0 Å². The van der Waals surface area contributed by atoms with E-state index in [1.165, 1.54) is 0 Å². The van der Waals surface area contributed by atoms with E-state index in [4.69, 9.17) is 14.6 Å². The van der Waals surface area contributed by atoms with Crippen LogP contribution in [-0.4, -0.2) is 29.9 Å². The number of benzene rings is 1. The van der Waals surface area contributed by atoms with Crippen LogP contribution >= 0.6 is 0 Å². The first-order chi connectivity index (χ1) is 8.29. The molecule has 1 rings (SSSR count). The summed E-state index contributed by atoms with van der Waals surface area (Å²) in [6, 6.07) is 4.94. The molecule has 0 bridgehead atoms. The highest BCUT2D eigenvalue weighted by molar-refractivity contribution is 5.89. The molecular weight excluding hydrogens is 232 g/mol. The molecule has 1 N–H and O–H groups in total. The first-order valence-corrected chi connectivity index (χ1v) is 5.90. The summed E-state index contributed by atoms with van der Waals surface area (Å²) >= 11 is 0. The molecule has 0 spiro atoms. The number of carbonyl (C=O) groups is 1. The van der Waals surface area contributed by atoms with Crippen LogP contribution in [0.5, 0.6) is 5.75 Å². The van der Waals surface area contributed by atoms with Crippen LogP contribution < -0.4 is 4.74 Å². The second-order valence-corrected chi connectivity index (χ2v) is 5.09.